The van der Waals surface area contributed by atoms with E-state index in [2.05, 4.69) is 20.1 Å². The third kappa shape index (κ3) is 4.97. The van der Waals surface area contributed by atoms with Gasteiger partial charge in [-0.3, -0.25) is 9.03 Å². The van der Waals surface area contributed by atoms with Crippen molar-refractivity contribution < 1.29 is 13.2 Å². The van der Waals surface area contributed by atoms with Gasteiger partial charge in [-0.15, -0.1) is 10.2 Å². The molecule has 0 amide bonds. The number of rotatable bonds is 9. The van der Waals surface area contributed by atoms with Crippen molar-refractivity contribution >= 4 is 10.2 Å². The van der Waals surface area contributed by atoms with Crippen LogP contribution in [0.1, 0.15) is 39.2 Å². The average Bonchev–Trinajstić information content (AvgIpc) is 3.25. The molecule has 1 N–H and O–H groups in total. The fraction of sp³-hybridized carbons (Fsp3) is 0.471. The summed E-state index contributed by atoms with van der Waals surface area (Å²) in [4.78, 5) is 1.58. The highest BCUT2D eigenvalue weighted by Gasteiger charge is 2.20. The molecular formula is C17H24N6O3S. The van der Waals surface area contributed by atoms with Gasteiger partial charge < -0.3 is 4.74 Å². The number of nitrogens with zero attached hydrogens (tertiary/aromatic N) is 5. The van der Waals surface area contributed by atoms with E-state index in [9.17, 15) is 8.42 Å². The number of hydrogen-bond donors (Lipinski definition) is 1. The fourth-order valence-electron chi connectivity index (χ4n) is 2.54. The van der Waals surface area contributed by atoms with Crippen molar-refractivity contribution in [3.8, 4) is 17.1 Å². The van der Waals surface area contributed by atoms with Crippen molar-refractivity contribution in [2.45, 2.75) is 39.2 Å². The predicted octanol–water partition coefficient (Wildman–Crippen LogP) is 2.09. The number of hydrogen-bond acceptors (Lipinski definition) is 6. The second-order valence-corrected chi connectivity index (χ2v) is 8.16. The lowest BCUT2D eigenvalue weighted by Gasteiger charge is -2.14. The summed E-state index contributed by atoms with van der Waals surface area (Å²) in [5.41, 5.74) is 0.891. The van der Waals surface area contributed by atoms with E-state index < -0.39 is 10.2 Å². The van der Waals surface area contributed by atoms with E-state index in [1.54, 1.807) is 11.0 Å². The van der Waals surface area contributed by atoms with E-state index in [-0.39, 0.29) is 6.04 Å². The van der Waals surface area contributed by atoms with Crippen molar-refractivity contribution in [2.24, 2.45) is 0 Å². The molecule has 0 atom stereocenters. The molecule has 0 radical (unpaired) electrons. The first-order valence-electron chi connectivity index (χ1n) is 8.94. The molecule has 27 heavy (non-hydrogen) atoms. The topological polar surface area (TPSA) is 102 Å². The van der Waals surface area contributed by atoms with Gasteiger partial charge in [0.05, 0.1) is 12.6 Å². The van der Waals surface area contributed by atoms with Gasteiger partial charge in [0.2, 0.25) is 5.82 Å². The molecule has 0 fully saturated rings. The average molecular weight is 392 g/mol. The Hall–Kier alpha value is -2.62. The number of unbranched alkanes of at least 4 members (excludes halogenated alkanes) is 2. The molecule has 2 aromatic rings. The molecule has 0 saturated carbocycles. The van der Waals surface area contributed by atoms with Gasteiger partial charge in [-0.1, -0.05) is 0 Å². The van der Waals surface area contributed by atoms with Gasteiger partial charge in [-0.25, -0.2) is 0 Å². The Morgan fingerprint density at radius 1 is 1.15 bits per heavy atom. The van der Waals surface area contributed by atoms with Crippen LogP contribution >= 0.6 is 0 Å². The zero-order chi connectivity index (χ0) is 19.3. The number of benzene rings is 1. The lowest BCUT2D eigenvalue weighted by atomic mass is 10.2. The van der Waals surface area contributed by atoms with Crippen LogP contribution in [0.2, 0.25) is 0 Å². The minimum absolute atomic E-state index is 0.173. The SMILES string of the molecule is CC(C)n1nnc(-c2ccc(OCCCCCN3C=CNS3(=O)=O)cc2)n1. The Labute approximate surface area is 159 Å². The van der Waals surface area contributed by atoms with E-state index in [0.29, 0.717) is 19.0 Å². The van der Waals surface area contributed by atoms with Crippen LogP contribution in [0, 0.1) is 0 Å². The molecule has 0 saturated heterocycles. The van der Waals surface area contributed by atoms with Crippen LogP contribution < -0.4 is 9.46 Å². The van der Waals surface area contributed by atoms with Crippen molar-refractivity contribution in [3.63, 3.8) is 0 Å². The zero-order valence-corrected chi connectivity index (χ0v) is 16.3. The summed E-state index contributed by atoms with van der Waals surface area (Å²) < 4.78 is 32.5. The summed E-state index contributed by atoms with van der Waals surface area (Å²) in [6, 6.07) is 7.77. The maximum atomic E-state index is 11.5. The largest absolute Gasteiger partial charge is 0.494 e. The first-order valence-corrected chi connectivity index (χ1v) is 10.4. The van der Waals surface area contributed by atoms with Gasteiger partial charge >= 0.3 is 10.2 Å². The van der Waals surface area contributed by atoms with Crippen molar-refractivity contribution in [1.82, 2.24) is 29.2 Å². The zero-order valence-electron chi connectivity index (χ0n) is 15.4. The normalized spacial score (nSPS) is 15.3. The smallest absolute Gasteiger partial charge is 0.323 e. The van der Waals surface area contributed by atoms with Crippen LogP contribution in [-0.2, 0) is 10.2 Å². The molecule has 10 heteroatoms. The Kier molecular flexibility index (Phi) is 5.94. The molecule has 2 heterocycles. The molecule has 0 bridgehead atoms. The lowest BCUT2D eigenvalue weighted by Crippen LogP contribution is -2.29. The van der Waals surface area contributed by atoms with Crippen LogP contribution in [0.25, 0.3) is 11.4 Å². The highest BCUT2D eigenvalue weighted by molar-refractivity contribution is 7.87. The molecule has 9 nitrogen and oxygen atoms in total. The minimum atomic E-state index is -3.33. The van der Waals surface area contributed by atoms with Crippen LogP contribution in [0.4, 0.5) is 0 Å². The summed E-state index contributed by atoms with van der Waals surface area (Å²) in [7, 11) is -3.33. The van der Waals surface area contributed by atoms with Gasteiger partial charge in [-0.05, 0) is 62.6 Å². The lowest BCUT2D eigenvalue weighted by molar-refractivity contribution is 0.303. The summed E-state index contributed by atoms with van der Waals surface area (Å²) in [5.74, 6) is 1.37. The number of aromatic nitrogens is 4. The Balaban J connectivity index is 1.38. The van der Waals surface area contributed by atoms with Crippen molar-refractivity contribution in [1.29, 1.82) is 0 Å². The molecule has 1 aromatic heterocycles. The summed E-state index contributed by atoms with van der Waals surface area (Å²) in [6.45, 7) is 5.06. The highest BCUT2D eigenvalue weighted by Crippen LogP contribution is 2.19. The number of nitrogens with one attached hydrogen (secondary N) is 1. The van der Waals surface area contributed by atoms with Crippen LogP contribution in [0.5, 0.6) is 5.75 Å². The van der Waals surface area contributed by atoms with Crippen molar-refractivity contribution in [2.75, 3.05) is 13.2 Å². The van der Waals surface area contributed by atoms with Crippen LogP contribution in [0.15, 0.2) is 36.7 Å². The molecule has 1 aliphatic heterocycles. The fourth-order valence-corrected chi connectivity index (χ4v) is 3.50. The minimum Gasteiger partial charge on any atom is -0.494 e. The Bertz CT molecular complexity index is 876. The molecule has 0 unspecified atom stereocenters. The van der Waals surface area contributed by atoms with Gasteiger partial charge in [0.15, 0.2) is 0 Å². The standard InChI is InChI=1S/C17H24N6O3S/c1-14(2)23-20-17(19-21-23)15-6-8-16(9-7-15)26-13-5-3-4-11-22-12-10-18-27(22,24)25/h6-10,12,14,18H,3-5,11,13H2,1-2H3. The van der Waals surface area contributed by atoms with Crippen LogP contribution in [0.3, 0.4) is 0 Å². The van der Waals surface area contributed by atoms with Gasteiger partial charge in [-0.2, -0.15) is 13.2 Å². The van der Waals surface area contributed by atoms with Gasteiger partial charge in [0.1, 0.15) is 5.75 Å². The number of ether oxygens (including phenoxy) is 1. The van der Waals surface area contributed by atoms with Gasteiger partial charge in [0, 0.05) is 24.5 Å². The first-order chi connectivity index (χ1) is 13.0. The molecule has 146 valence electrons. The van der Waals surface area contributed by atoms with Crippen LogP contribution in [-0.4, -0.2) is 46.1 Å². The molecule has 0 aliphatic carbocycles. The van der Waals surface area contributed by atoms with E-state index in [4.69, 9.17) is 4.74 Å². The monoisotopic (exact) mass is 392 g/mol. The second kappa shape index (κ2) is 8.38. The summed E-state index contributed by atoms with van der Waals surface area (Å²) >= 11 is 0. The van der Waals surface area contributed by atoms with E-state index in [0.717, 1.165) is 30.6 Å². The van der Waals surface area contributed by atoms with Crippen molar-refractivity contribution in [3.05, 3.63) is 36.7 Å². The maximum absolute atomic E-state index is 11.5. The molecule has 1 aromatic carbocycles. The molecule has 1 aliphatic rings. The third-order valence-corrected chi connectivity index (χ3v) is 5.42. The first kappa shape index (κ1) is 19.2. The Morgan fingerprint density at radius 2 is 1.93 bits per heavy atom. The van der Waals surface area contributed by atoms with E-state index in [1.165, 1.54) is 10.5 Å². The third-order valence-electron chi connectivity index (χ3n) is 4.06. The molecule has 3 rings (SSSR count). The Morgan fingerprint density at radius 3 is 2.56 bits per heavy atom. The molecular weight excluding hydrogens is 368 g/mol. The quantitative estimate of drug-likeness (QED) is 0.656. The summed E-state index contributed by atoms with van der Waals surface area (Å²) in [5, 5.41) is 12.4. The maximum Gasteiger partial charge on any atom is 0.323 e. The highest BCUT2D eigenvalue weighted by atomic mass is 32.2. The number of tetrazole rings is 1. The predicted molar refractivity (Wildman–Crippen MR) is 101 cm³/mol. The molecule has 0 spiro atoms. The van der Waals surface area contributed by atoms with E-state index in [1.807, 2.05) is 38.1 Å². The van der Waals surface area contributed by atoms with E-state index >= 15 is 0 Å². The van der Waals surface area contributed by atoms with Gasteiger partial charge in [0.25, 0.3) is 0 Å². The second-order valence-electron chi connectivity index (χ2n) is 6.51. The summed E-state index contributed by atoms with van der Waals surface area (Å²) in [6.07, 6.45) is 5.50.